The highest BCUT2D eigenvalue weighted by atomic mass is 16.5. The summed E-state index contributed by atoms with van der Waals surface area (Å²) in [6.07, 6.45) is 0.806. The molecular formula is C15H17NO5. The predicted molar refractivity (Wildman–Crippen MR) is 73.3 cm³/mol. The summed E-state index contributed by atoms with van der Waals surface area (Å²) in [5.41, 5.74) is 1.60. The number of morpholine rings is 1. The molecule has 1 aromatic carbocycles. The molecule has 0 saturated carbocycles. The number of ether oxygens (including phenoxy) is 3. The van der Waals surface area contributed by atoms with E-state index in [-0.39, 0.29) is 12.5 Å². The van der Waals surface area contributed by atoms with E-state index in [0.29, 0.717) is 25.3 Å². The van der Waals surface area contributed by atoms with Gasteiger partial charge in [0, 0.05) is 18.5 Å². The van der Waals surface area contributed by atoms with E-state index in [1.54, 1.807) is 6.07 Å². The maximum absolute atomic E-state index is 12.7. The minimum atomic E-state index is -0.680. The first-order valence-corrected chi connectivity index (χ1v) is 6.93. The Kier molecular flexibility index (Phi) is 3.79. The zero-order chi connectivity index (χ0) is 14.8. The van der Waals surface area contributed by atoms with Crippen LogP contribution in [-0.4, -0.2) is 56.3 Å². The molecule has 0 aromatic heterocycles. The van der Waals surface area contributed by atoms with Crippen molar-refractivity contribution in [2.45, 2.75) is 12.5 Å². The Bertz CT molecular complexity index is 571. The maximum atomic E-state index is 12.7. The number of benzene rings is 1. The second-order valence-electron chi connectivity index (χ2n) is 5.03. The maximum Gasteiger partial charge on any atom is 0.331 e. The number of hydrogen-bond donors (Lipinski definition) is 0. The summed E-state index contributed by atoms with van der Waals surface area (Å²) in [5.74, 6) is 0.203. The molecule has 1 fully saturated rings. The van der Waals surface area contributed by atoms with Gasteiger partial charge in [-0.2, -0.15) is 0 Å². The van der Waals surface area contributed by atoms with E-state index in [4.69, 9.17) is 14.2 Å². The zero-order valence-corrected chi connectivity index (χ0v) is 11.8. The predicted octanol–water partition coefficient (Wildman–Crippen LogP) is 0.635. The van der Waals surface area contributed by atoms with Crippen molar-refractivity contribution in [1.82, 2.24) is 4.90 Å². The number of hydrogen-bond acceptors (Lipinski definition) is 5. The quantitative estimate of drug-likeness (QED) is 0.748. The molecule has 0 bridgehead atoms. The first-order chi connectivity index (χ1) is 10.2. The largest absolute Gasteiger partial charge is 0.493 e. The number of methoxy groups -OCH3 is 1. The fourth-order valence-corrected chi connectivity index (χ4v) is 2.66. The highest BCUT2D eigenvalue weighted by Gasteiger charge is 2.34. The lowest BCUT2D eigenvalue weighted by molar-refractivity contribution is -0.151. The third-order valence-corrected chi connectivity index (χ3v) is 3.80. The Hall–Kier alpha value is -2.08. The monoisotopic (exact) mass is 291 g/mol. The fraction of sp³-hybridized carbons (Fsp3) is 0.467. The van der Waals surface area contributed by atoms with E-state index in [1.165, 1.54) is 12.0 Å². The van der Waals surface area contributed by atoms with E-state index < -0.39 is 12.0 Å². The number of rotatable bonds is 2. The summed E-state index contributed by atoms with van der Waals surface area (Å²) in [5, 5.41) is 0. The van der Waals surface area contributed by atoms with E-state index in [0.717, 1.165) is 17.7 Å². The topological polar surface area (TPSA) is 65.1 Å². The fourth-order valence-electron chi connectivity index (χ4n) is 2.66. The van der Waals surface area contributed by atoms with Crippen LogP contribution in [0.5, 0.6) is 5.75 Å². The van der Waals surface area contributed by atoms with Crippen LogP contribution in [0.15, 0.2) is 18.2 Å². The first-order valence-electron chi connectivity index (χ1n) is 6.93. The Labute approximate surface area is 122 Å². The lowest BCUT2D eigenvalue weighted by Gasteiger charge is -2.33. The van der Waals surface area contributed by atoms with Gasteiger partial charge < -0.3 is 19.1 Å². The van der Waals surface area contributed by atoms with Crippen LogP contribution in [0.25, 0.3) is 0 Å². The summed E-state index contributed by atoms with van der Waals surface area (Å²) in [6.45, 7) is 1.63. The van der Waals surface area contributed by atoms with Crippen LogP contribution in [-0.2, 0) is 20.7 Å². The molecule has 2 heterocycles. The van der Waals surface area contributed by atoms with E-state index in [9.17, 15) is 9.59 Å². The molecule has 2 aliphatic heterocycles. The van der Waals surface area contributed by atoms with Crippen molar-refractivity contribution >= 4 is 11.9 Å². The molecule has 3 rings (SSSR count). The SMILES string of the molecule is COC(=O)C1COCCN1C(=O)c1ccc2c(c1)CCO2. The molecule has 6 heteroatoms. The van der Waals surface area contributed by atoms with Gasteiger partial charge in [-0.1, -0.05) is 0 Å². The molecule has 112 valence electrons. The van der Waals surface area contributed by atoms with E-state index >= 15 is 0 Å². The summed E-state index contributed by atoms with van der Waals surface area (Å²) >= 11 is 0. The van der Waals surface area contributed by atoms with Crippen molar-refractivity contribution in [3.63, 3.8) is 0 Å². The third-order valence-electron chi connectivity index (χ3n) is 3.80. The molecule has 1 unspecified atom stereocenters. The van der Waals surface area contributed by atoms with Crippen molar-refractivity contribution < 1.29 is 23.8 Å². The van der Waals surface area contributed by atoms with Crippen LogP contribution in [0, 0.1) is 0 Å². The highest BCUT2D eigenvalue weighted by Crippen LogP contribution is 2.27. The second kappa shape index (κ2) is 5.73. The average molecular weight is 291 g/mol. The summed E-state index contributed by atoms with van der Waals surface area (Å²) in [7, 11) is 1.31. The van der Waals surface area contributed by atoms with Crippen molar-refractivity contribution in [2.75, 3.05) is 33.5 Å². The van der Waals surface area contributed by atoms with Gasteiger partial charge in [0.1, 0.15) is 5.75 Å². The smallest absolute Gasteiger partial charge is 0.331 e. The van der Waals surface area contributed by atoms with Crippen molar-refractivity contribution in [3.05, 3.63) is 29.3 Å². The number of fused-ring (bicyclic) bond motifs is 1. The standard InChI is InChI=1S/C15H17NO5/c1-19-15(18)12-9-20-7-5-16(12)14(17)11-2-3-13-10(8-11)4-6-21-13/h2-3,8,12H,4-7,9H2,1H3. The van der Waals surface area contributed by atoms with Crippen LogP contribution >= 0.6 is 0 Å². The number of carbonyl (C=O) groups excluding carboxylic acids is 2. The Morgan fingerprint density at radius 2 is 2.19 bits per heavy atom. The average Bonchev–Trinajstić information content (AvgIpc) is 3.01. The minimum absolute atomic E-state index is 0.173. The van der Waals surface area contributed by atoms with Crippen molar-refractivity contribution in [3.8, 4) is 5.75 Å². The number of esters is 1. The normalized spacial score (nSPS) is 20.6. The highest BCUT2D eigenvalue weighted by molar-refractivity contribution is 5.97. The molecule has 0 spiro atoms. The van der Waals surface area contributed by atoms with Crippen LogP contribution < -0.4 is 4.74 Å². The van der Waals surface area contributed by atoms with Gasteiger partial charge in [-0.15, -0.1) is 0 Å². The molecular weight excluding hydrogens is 274 g/mol. The lowest BCUT2D eigenvalue weighted by Crippen LogP contribution is -2.53. The van der Waals surface area contributed by atoms with Gasteiger partial charge in [0.15, 0.2) is 6.04 Å². The first kappa shape index (κ1) is 13.9. The van der Waals surface area contributed by atoms with E-state index in [1.807, 2.05) is 12.1 Å². The third kappa shape index (κ3) is 2.58. The minimum Gasteiger partial charge on any atom is -0.493 e. The molecule has 1 saturated heterocycles. The summed E-state index contributed by atoms with van der Waals surface area (Å²) in [4.78, 5) is 26.0. The van der Waals surface area contributed by atoms with Crippen LogP contribution in [0.4, 0.5) is 0 Å². The van der Waals surface area contributed by atoms with Gasteiger partial charge in [0.05, 0.1) is 26.9 Å². The zero-order valence-electron chi connectivity index (χ0n) is 11.8. The van der Waals surface area contributed by atoms with Gasteiger partial charge in [-0.3, -0.25) is 4.79 Å². The van der Waals surface area contributed by atoms with Gasteiger partial charge >= 0.3 is 5.97 Å². The number of amides is 1. The molecule has 1 atom stereocenters. The summed E-state index contributed by atoms with van der Waals surface area (Å²) < 4.78 is 15.5. The van der Waals surface area contributed by atoms with E-state index in [2.05, 4.69) is 0 Å². The molecule has 1 amide bonds. The van der Waals surface area contributed by atoms with Gasteiger partial charge in [-0.05, 0) is 23.8 Å². The molecule has 1 aromatic rings. The number of carbonyl (C=O) groups is 2. The Morgan fingerprint density at radius 3 is 3.00 bits per heavy atom. The summed E-state index contributed by atoms with van der Waals surface area (Å²) in [6, 6.07) is 4.70. The van der Waals surface area contributed by atoms with Crippen molar-refractivity contribution in [1.29, 1.82) is 0 Å². The van der Waals surface area contributed by atoms with Gasteiger partial charge in [0.25, 0.3) is 5.91 Å². The Balaban J connectivity index is 1.84. The molecule has 0 N–H and O–H groups in total. The van der Waals surface area contributed by atoms with Crippen LogP contribution in [0.2, 0.25) is 0 Å². The molecule has 6 nitrogen and oxygen atoms in total. The molecule has 21 heavy (non-hydrogen) atoms. The molecule has 0 radical (unpaired) electrons. The molecule has 0 aliphatic carbocycles. The van der Waals surface area contributed by atoms with Crippen LogP contribution in [0.1, 0.15) is 15.9 Å². The second-order valence-corrected chi connectivity index (χ2v) is 5.03. The lowest BCUT2D eigenvalue weighted by atomic mass is 10.1. The van der Waals surface area contributed by atoms with Crippen molar-refractivity contribution in [2.24, 2.45) is 0 Å². The van der Waals surface area contributed by atoms with Gasteiger partial charge in [-0.25, -0.2) is 4.79 Å². The molecule has 2 aliphatic rings. The van der Waals surface area contributed by atoms with Gasteiger partial charge in [0.2, 0.25) is 0 Å². The Morgan fingerprint density at radius 1 is 1.33 bits per heavy atom. The van der Waals surface area contributed by atoms with Crippen LogP contribution in [0.3, 0.4) is 0 Å². The number of nitrogens with zero attached hydrogens (tertiary/aromatic N) is 1.